The first-order valence-corrected chi connectivity index (χ1v) is 7.94. The second kappa shape index (κ2) is 9.53. The molecule has 1 heterocycles. The van der Waals surface area contributed by atoms with Crippen LogP contribution >= 0.6 is 0 Å². The number of anilines is 2. The summed E-state index contributed by atoms with van der Waals surface area (Å²) in [6, 6.07) is 1.00. The molecule has 1 aromatic heterocycles. The number of halogens is 2. The van der Waals surface area contributed by atoms with Crippen molar-refractivity contribution < 1.29 is 8.78 Å². The number of unbranched alkanes of at least 4 members (excludes halogenated alkanes) is 3. The Kier molecular flexibility index (Phi) is 8.01. The highest BCUT2D eigenvalue weighted by atomic mass is 19.1. The van der Waals surface area contributed by atoms with Crippen LogP contribution in [0, 0.1) is 11.6 Å². The fourth-order valence-electron chi connectivity index (χ4n) is 2.12. The molecule has 0 fully saturated rings. The van der Waals surface area contributed by atoms with Crippen molar-refractivity contribution in [3.8, 4) is 0 Å². The van der Waals surface area contributed by atoms with Crippen LogP contribution in [0.3, 0.4) is 0 Å². The van der Waals surface area contributed by atoms with Gasteiger partial charge in [0.25, 0.3) is 0 Å². The van der Waals surface area contributed by atoms with Crippen molar-refractivity contribution in [2.24, 2.45) is 0 Å². The molecule has 0 bridgehead atoms. The zero-order valence-electron chi connectivity index (χ0n) is 13.3. The number of hydrogen-bond acceptors (Lipinski definition) is 3. The molecule has 3 nitrogen and oxygen atoms in total. The van der Waals surface area contributed by atoms with E-state index in [9.17, 15) is 8.78 Å². The predicted octanol–water partition coefficient (Wildman–Crippen LogP) is 4.95. The quantitative estimate of drug-likeness (QED) is 0.600. The van der Waals surface area contributed by atoms with Gasteiger partial charge in [-0.3, -0.25) is 0 Å². The van der Waals surface area contributed by atoms with Gasteiger partial charge in [0, 0.05) is 18.7 Å². The molecule has 0 radical (unpaired) electrons. The third-order valence-corrected chi connectivity index (χ3v) is 3.35. The lowest BCUT2D eigenvalue weighted by Crippen LogP contribution is -2.18. The molecule has 0 saturated carbocycles. The van der Waals surface area contributed by atoms with E-state index in [-0.39, 0.29) is 17.7 Å². The molecule has 21 heavy (non-hydrogen) atoms. The molecule has 5 heteroatoms. The Labute approximate surface area is 126 Å². The zero-order valence-corrected chi connectivity index (χ0v) is 13.3. The van der Waals surface area contributed by atoms with E-state index < -0.39 is 11.6 Å². The van der Waals surface area contributed by atoms with Gasteiger partial charge >= 0.3 is 0 Å². The molecule has 0 aliphatic heterocycles. The standard InChI is InChI=1S/C16H27F2N3/c1-4-6-7-8-9-12(3)20-16-14(18)11-13(17)15(21-16)19-10-5-2/h11-12H,4-10H2,1-3H3,(H2,19,20,21). The summed E-state index contributed by atoms with van der Waals surface area (Å²) in [5.41, 5.74) is 0. The maximum atomic E-state index is 13.8. The average molecular weight is 299 g/mol. The summed E-state index contributed by atoms with van der Waals surface area (Å²) in [5, 5.41) is 5.91. The van der Waals surface area contributed by atoms with Gasteiger partial charge < -0.3 is 10.6 Å². The fraction of sp³-hybridized carbons (Fsp3) is 0.688. The highest BCUT2D eigenvalue weighted by Crippen LogP contribution is 2.20. The van der Waals surface area contributed by atoms with Gasteiger partial charge in [-0.15, -0.1) is 0 Å². The molecule has 1 unspecified atom stereocenters. The van der Waals surface area contributed by atoms with E-state index in [4.69, 9.17) is 0 Å². The number of nitrogens with zero attached hydrogens (tertiary/aromatic N) is 1. The average Bonchev–Trinajstić information content (AvgIpc) is 2.45. The maximum Gasteiger partial charge on any atom is 0.168 e. The van der Waals surface area contributed by atoms with E-state index >= 15 is 0 Å². The van der Waals surface area contributed by atoms with Gasteiger partial charge in [-0.2, -0.15) is 0 Å². The molecule has 0 spiro atoms. The smallest absolute Gasteiger partial charge is 0.168 e. The normalized spacial score (nSPS) is 12.2. The first kappa shape index (κ1) is 17.7. The lowest BCUT2D eigenvalue weighted by Gasteiger charge is -2.16. The number of aromatic nitrogens is 1. The van der Waals surface area contributed by atoms with Crippen molar-refractivity contribution in [2.45, 2.75) is 65.3 Å². The Morgan fingerprint density at radius 1 is 1.05 bits per heavy atom. The zero-order chi connectivity index (χ0) is 15.7. The minimum Gasteiger partial charge on any atom is -0.368 e. The molecule has 0 aliphatic carbocycles. The second-order valence-corrected chi connectivity index (χ2v) is 5.47. The van der Waals surface area contributed by atoms with Gasteiger partial charge in [0.2, 0.25) is 0 Å². The van der Waals surface area contributed by atoms with Crippen LogP contribution in [0.4, 0.5) is 20.4 Å². The highest BCUT2D eigenvalue weighted by molar-refractivity contribution is 5.47. The van der Waals surface area contributed by atoms with Crippen molar-refractivity contribution in [3.63, 3.8) is 0 Å². The van der Waals surface area contributed by atoms with E-state index in [0.717, 1.165) is 25.3 Å². The minimum atomic E-state index is -0.651. The van der Waals surface area contributed by atoms with Gasteiger partial charge in [0.1, 0.15) is 0 Å². The molecule has 1 atom stereocenters. The fourth-order valence-corrected chi connectivity index (χ4v) is 2.12. The number of hydrogen-bond donors (Lipinski definition) is 2. The van der Waals surface area contributed by atoms with Gasteiger partial charge in [0.05, 0.1) is 0 Å². The van der Waals surface area contributed by atoms with Gasteiger partial charge in [-0.05, 0) is 19.8 Å². The van der Waals surface area contributed by atoms with Crippen molar-refractivity contribution >= 4 is 11.6 Å². The van der Waals surface area contributed by atoms with Crippen LogP contribution in [-0.2, 0) is 0 Å². The predicted molar refractivity (Wildman–Crippen MR) is 84.8 cm³/mol. The van der Waals surface area contributed by atoms with Gasteiger partial charge in [0.15, 0.2) is 23.3 Å². The Morgan fingerprint density at radius 3 is 2.43 bits per heavy atom. The number of rotatable bonds is 10. The highest BCUT2D eigenvalue weighted by Gasteiger charge is 2.13. The lowest BCUT2D eigenvalue weighted by atomic mass is 10.1. The summed E-state index contributed by atoms with van der Waals surface area (Å²) in [5.74, 6) is -1.06. The minimum absolute atomic E-state index is 0.110. The summed E-state index contributed by atoms with van der Waals surface area (Å²) in [6.07, 6.45) is 6.52. The van der Waals surface area contributed by atoms with E-state index in [1.54, 1.807) is 0 Å². The first-order chi connectivity index (χ1) is 10.1. The monoisotopic (exact) mass is 299 g/mol. The molecule has 0 amide bonds. The molecule has 2 N–H and O–H groups in total. The lowest BCUT2D eigenvalue weighted by molar-refractivity contribution is 0.565. The molecule has 0 aromatic carbocycles. The summed E-state index contributed by atoms with van der Waals surface area (Å²) in [7, 11) is 0. The van der Waals surface area contributed by atoms with Gasteiger partial charge in [-0.25, -0.2) is 13.8 Å². The summed E-state index contributed by atoms with van der Waals surface area (Å²) in [6.45, 7) is 6.76. The van der Waals surface area contributed by atoms with Crippen LogP contribution in [0.5, 0.6) is 0 Å². The van der Waals surface area contributed by atoms with Crippen LogP contribution in [0.2, 0.25) is 0 Å². The molecular weight excluding hydrogens is 272 g/mol. The third kappa shape index (κ3) is 6.27. The van der Waals surface area contributed by atoms with Crippen molar-refractivity contribution in [3.05, 3.63) is 17.7 Å². The summed E-state index contributed by atoms with van der Waals surface area (Å²) < 4.78 is 27.3. The SMILES string of the molecule is CCCCCCC(C)Nc1nc(NCCC)c(F)cc1F. The molecular formula is C16H27F2N3. The van der Waals surface area contributed by atoms with Crippen molar-refractivity contribution in [1.29, 1.82) is 0 Å². The van der Waals surface area contributed by atoms with Crippen LogP contribution in [0.15, 0.2) is 6.07 Å². The number of pyridine rings is 1. The Bertz CT molecular complexity index is 424. The van der Waals surface area contributed by atoms with Crippen molar-refractivity contribution in [1.82, 2.24) is 4.98 Å². The van der Waals surface area contributed by atoms with E-state index in [1.807, 2.05) is 13.8 Å². The molecule has 1 rings (SSSR count). The van der Waals surface area contributed by atoms with E-state index in [2.05, 4.69) is 22.5 Å². The van der Waals surface area contributed by atoms with Crippen LogP contribution in [0.25, 0.3) is 0 Å². The van der Waals surface area contributed by atoms with Crippen LogP contribution in [-0.4, -0.2) is 17.6 Å². The van der Waals surface area contributed by atoms with Crippen molar-refractivity contribution in [2.75, 3.05) is 17.2 Å². The topological polar surface area (TPSA) is 37.0 Å². The molecule has 120 valence electrons. The third-order valence-electron chi connectivity index (χ3n) is 3.35. The van der Waals surface area contributed by atoms with Crippen LogP contribution in [0.1, 0.15) is 59.3 Å². The molecule has 0 aliphatic rings. The Morgan fingerprint density at radius 2 is 1.76 bits per heavy atom. The summed E-state index contributed by atoms with van der Waals surface area (Å²) in [4.78, 5) is 4.02. The Hall–Kier alpha value is -1.39. The molecule has 1 aromatic rings. The largest absolute Gasteiger partial charge is 0.368 e. The number of nitrogens with one attached hydrogen (secondary N) is 2. The van der Waals surface area contributed by atoms with Crippen LogP contribution < -0.4 is 10.6 Å². The molecule has 0 saturated heterocycles. The second-order valence-electron chi connectivity index (χ2n) is 5.47. The van der Waals surface area contributed by atoms with E-state index in [0.29, 0.717) is 6.54 Å². The Balaban J connectivity index is 2.60. The summed E-state index contributed by atoms with van der Waals surface area (Å²) >= 11 is 0. The van der Waals surface area contributed by atoms with E-state index in [1.165, 1.54) is 19.3 Å². The maximum absolute atomic E-state index is 13.8. The first-order valence-electron chi connectivity index (χ1n) is 7.94. The van der Waals surface area contributed by atoms with Gasteiger partial charge in [-0.1, -0.05) is 39.5 Å².